The van der Waals surface area contributed by atoms with Gasteiger partial charge in [-0.15, -0.1) is 10.2 Å². The number of H-pyrrole nitrogens is 1. The van der Waals surface area contributed by atoms with Crippen LogP contribution in [-0.4, -0.2) is 25.5 Å². The third-order valence-corrected chi connectivity index (χ3v) is 4.92. The second-order valence-corrected chi connectivity index (χ2v) is 6.89. The zero-order chi connectivity index (χ0) is 19.7. The molecule has 0 aliphatic carbocycles. The summed E-state index contributed by atoms with van der Waals surface area (Å²) in [4.78, 5) is 27.7. The average Bonchev–Trinajstić information content (AvgIpc) is 3.12. The minimum Gasteiger partial charge on any atom is -0.348 e. The molecule has 0 spiro atoms. The molecule has 0 bridgehead atoms. The van der Waals surface area contributed by atoms with E-state index in [2.05, 4.69) is 20.5 Å². The Morgan fingerprint density at radius 3 is 2.82 bits per heavy atom. The Balaban J connectivity index is 1.68. The summed E-state index contributed by atoms with van der Waals surface area (Å²) in [5.41, 5.74) is 2.51. The van der Waals surface area contributed by atoms with Crippen molar-refractivity contribution in [2.75, 3.05) is 0 Å². The Morgan fingerprint density at radius 2 is 2.04 bits per heavy atom. The van der Waals surface area contributed by atoms with Gasteiger partial charge in [0.15, 0.2) is 0 Å². The fourth-order valence-corrected chi connectivity index (χ4v) is 3.37. The maximum atomic E-state index is 12.6. The van der Waals surface area contributed by atoms with Crippen LogP contribution in [0, 0.1) is 0 Å². The quantitative estimate of drug-likeness (QED) is 0.543. The minimum atomic E-state index is -0.337. The fraction of sp³-hybridized carbons (Fsp3) is 0.200. The number of carbonyl (C=O) groups excluding carboxylic acids is 1. The third kappa shape index (κ3) is 3.25. The molecule has 0 saturated carbocycles. The summed E-state index contributed by atoms with van der Waals surface area (Å²) < 4.78 is 1.75. The third-order valence-electron chi connectivity index (χ3n) is 4.55. The SMILES string of the molecule is CCCc1nnc2c(=O)[nH]c3cc(C(=O)NCc4ccccc4Cl)ccc3n12. The number of aryl methyl sites for hydroxylation is 1. The number of rotatable bonds is 5. The first-order valence-corrected chi connectivity index (χ1v) is 9.38. The van der Waals surface area contributed by atoms with Crippen LogP contribution < -0.4 is 10.9 Å². The van der Waals surface area contributed by atoms with E-state index < -0.39 is 0 Å². The Morgan fingerprint density at radius 1 is 1.21 bits per heavy atom. The van der Waals surface area contributed by atoms with Crippen LogP contribution in [0.3, 0.4) is 0 Å². The molecule has 1 amide bonds. The molecule has 142 valence electrons. The maximum absolute atomic E-state index is 12.6. The lowest BCUT2D eigenvalue weighted by molar-refractivity contribution is 0.0951. The number of carbonyl (C=O) groups is 1. The van der Waals surface area contributed by atoms with Crippen LogP contribution in [0.25, 0.3) is 16.7 Å². The molecule has 2 N–H and O–H groups in total. The summed E-state index contributed by atoms with van der Waals surface area (Å²) in [6.45, 7) is 2.36. The highest BCUT2D eigenvalue weighted by Gasteiger charge is 2.14. The van der Waals surface area contributed by atoms with Crippen molar-refractivity contribution in [3.8, 4) is 0 Å². The molecule has 0 saturated heterocycles. The second-order valence-electron chi connectivity index (χ2n) is 6.49. The van der Waals surface area contributed by atoms with Gasteiger partial charge >= 0.3 is 0 Å². The highest BCUT2D eigenvalue weighted by Crippen LogP contribution is 2.17. The van der Waals surface area contributed by atoms with Crippen molar-refractivity contribution in [2.24, 2.45) is 0 Å². The monoisotopic (exact) mass is 395 g/mol. The van der Waals surface area contributed by atoms with Crippen molar-refractivity contribution in [2.45, 2.75) is 26.3 Å². The van der Waals surface area contributed by atoms with Gasteiger partial charge in [-0.3, -0.25) is 14.0 Å². The van der Waals surface area contributed by atoms with Crippen LogP contribution in [0.4, 0.5) is 0 Å². The summed E-state index contributed by atoms with van der Waals surface area (Å²) >= 11 is 6.13. The summed E-state index contributed by atoms with van der Waals surface area (Å²) in [5.74, 6) is 0.477. The van der Waals surface area contributed by atoms with E-state index in [4.69, 9.17) is 11.6 Å². The first-order valence-electron chi connectivity index (χ1n) is 9.00. The molecular weight excluding hydrogens is 378 g/mol. The van der Waals surface area contributed by atoms with Crippen molar-refractivity contribution < 1.29 is 4.79 Å². The van der Waals surface area contributed by atoms with Crippen molar-refractivity contribution >= 4 is 34.2 Å². The molecule has 0 fully saturated rings. The molecule has 7 nitrogen and oxygen atoms in total. The summed E-state index contributed by atoms with van der Waals surface area (Å²) in [5, 5.41) is 11.6. The van der Waals surface area contributed by atoms with Gasteiger partial charge in [-0.25, -0.2) is 0 Å². The van der Waals surface area contributed by atoms with Crippen LogP contribution in [0.1, 0.15) is 35.1 Å². The molecule has 4 aromatic rings. The second kappa shape index (κ2) is 7.44. The number of amides is 1. The number of fused-ring (bicyclic) bond motifs is 3. The van der Waals surface area contributed by atoms with Crippen LogP contribution in [-0.2, 0) is 13.0 Å². The van der Waals surface area contributed by atoms with E-state index in [1.165, 1.54) is 0 Å². The summed E-state index contributed by atoms with van der Waals surface area (Å²) in [6.07, 6.45) is 1.59. The van der Waals surface area contributed by atoms with Crippen LogP contribution in [0.5, 0.6) is 0 Å². The van der Waals surface area contributed by atoms with E-state index in [-0.39, 0.29) is 17.1 Å². The summed E-state index contributed by atoms with van der Waals surface area (Å²) in [7, 11) is 0. The lowest BCUT2D eigenvalue weighted by atomic mass is 10.1. The van der Waals surface area contributed by atoms with Crippen LogP contribution in [0.15, 0.2) is 47.3 Å². The molecule has 0 radical (unpaired) electrons. The molecule has 2 aromatic heterocycles. The Kier molecular flexibility index (Phi) is 4.83. The van der Waals surface area contributed by atoms with E-state index in [0.717, 1.165) is 23.3 Å². The molecule has 28 heavy (non-hydrogen) atoms. The van der Waals surface area contributed by atoms with E-state index >= 15 is 0 Å². The number of nitrogens with zero attached hydrogens (tertiary/aromatic N) is 3. The largest absolute Gasteiger partial charge is 0.348 e. The predicted octanol–water partition coefficient (Wildman–Crippen LogP) is 3.11. The number of hydrogen-bond acceptors (Lipinski definition) is 4. The first kappa shape index (κ1) is 18.2. The zero-order valence-corrected chi connectivity index (χ0v) is 16.0. The Labute approximate surface area is 165 Å². The number of benzene rings is 2. The smallest absolute Gasteiger partial charge is 0.294 e. The van der Waals surface area contributed by atoms with Gasteiger partial charge in [-0.2, -0.15) is 0 Å². The topological polar surface area (TPSA) is 92.2 Å². The van der Waals surface area contributed by atoms with Gasteiger partial charge in [0.25, 0.3) is 11.5 Å². The fourth-order valence-electron chi connectivity index (χ4n) is 3.17. The maximum Gasteiger partial charge on any atom is 0.294 e. The van der Waals surface area contributed by atoms with E-state index in [1.54, 1.807) is 28.7 Å². The van der Waals surface area contributed by atoms with Crippen LogP contribution >= 0.6 is 11.6 Å². The molecule has 2 heterocycles. The average molecular weight is 396 g/mol. The minimum absolute atomic E-state index is 0.250. The lowest BCUT2D eigenvalue weighted by Gasteiger charge is -2.09. The van der Waals surface area contributed by atoms with Crippen molar-refractivity contribution in [1.29, 1.82) is 0 Å². The molecule has 2 aromatic carbocycles. The number of hydrogen-bond donors (Lipinski definition) is 2. The first-order chi connectivity index (χ1) is 13.6. The number of aromatic nitrogens is 4. The molecule has 0 atom stereocenters. The normalized spacial score (nSPS) is 11.2. The Bertz CT molecular complexity index is 1240. The number of nitrogens with one attached hydrogen (secondary N) is 2. The number of aromatic amines is 1. The van der Waals surface area contributed by atoms with Gasteiger partial charge in [-0.1, -0.05) is 36.7 Å². The molecule has 0 aliphatic heterocycles. The van der Waals surface area contributed by atoms with Gasteiger partial charge in [0.1, 0.15) is 5.82 Å². The highest BCUT2D eigenvalue weighted by atomic mass is 35.5. The van der Waals surface area contributed by atoms with E-state index in [9.17, 15) is 9.59 Å². The lowest BCUT2D eigenvalue weighted by Crippen LogP contribution is -2.23. The van der Waals surface area contributed by atoms with E-state index in [1.807, 2.05) is 25.1 Å². The zero-order valence-electron chi connectivity index (χ0n) is 15.2. The Hall–Kier alpha value is -3.19. The van der Waals surface area contributed by atoms with Gasteiger partial charge in [0.05, 0.1) is 11.0 Å². The van der Waals surface area contributed by atoms with Crippen molar-refractivity contribution in [3.05, 3.63) is 74.8 Å². The van der Waals surface area contributed by atoms with Gasteiger partial charge in [-0.05, 0) is 36.2 Å². The van der Waals surface area contributed by atoms with Crippen LogP contribution in [0.2, 0.25) is 5.02 Å². The number of halogens is 1. The predicted molar refractivity (Wildman–Crippen MR) is 108 cm³/mol. The van der Waals surface area contributed by atoms with Crippen molar-refractivity contribution in [1.82, 2.24) is 24.9 Å². The molecule has 4 rings (SSSR count). The summed E-state index contributed by atoms with van der Waals surface area (Å²) in [6, 6.07) is 12.5. The standard InChI is InChI=1S/C20H18ClN5O2/c1-2-5-17-24-25-18-20(28)23-15-10-12(8-9-16(15)26(17)18)19(27)22-11-13-6-3-4-7-14(13)21/h3-4,6-10H,2,5,11H2,1H3,(H,22,27)(H,23,28). The van der Waals surface area contributed by atoms with Crippen molar-refractivity contribution in [3.63, 3.8) is 0 Å². The van der Waals surface area contributed by atoms with Gasteiger partial charge in [0.2, 0.25) is 5.65 Å². The molecule has 0 aliphatic rings. The molecular formula is C20H18ClN5O2. The molecule has 8 heteroatoms. The molecule has 0 unspecified atom stereocenters. The highest BCUT2D eigenvalue weighted by molar-refractivity contribution is 6.31. The van der Waals surface area contributed by atoms with Gasteiger partial charge < -0.3 is 10.3 Å². The van der Waals surface area contributed by atoms with E-state index in [0.29, 0.717) is 29.1 Å². The van der Waals surface area contributed by atoms with Gasteiger partial charge in [0, 0.05) is 23.6 Å².